The lowest BCUT2D eigenvalue weighted by molar-refractivity contribution is 0.118. The number of benzene rings is 2. The lowest BCUT2D eigenvalue weighted by Gasteiger charge is -2.22. The van der Waals surface area contributed by atoms with E-state index >= 15 is 0 Å². The van der Waals surface area contributed by atoms with Crippen LogP contribution in [0.25, 0.3) is 0 Å². The third kappa shape index (κ3) is 5.00. The molecule has 112 valence electrons. The van der Waals surface area contributed by atoms with Crippen LogP contribution < -0.4 is 5.73 Å². The minimum absolute atomic E-state index is 0.290. The SMILES string of the molecule is CC(C)(N)c1ccccc1CCCOCc1ccccc1. The quantitative estimate of drug-likeness (QED) is 0.779. The van der Waals surface area contributed by atoms with Crippen molar-refractivity contribution in [2.45, 2.75) is 38.8 Å². The van der Waals surface area contributed by atoms with E-state index in [1.807, 2.05) is 18.2 Å². The van der Waals surface area contributed by atoms with Gasteiger partial charge in [0.1, 0.15) is 0 Å². The molecule has 0 spiro atoms. The van der Waals surface area contributed by atoms with Crippen molar-refractivity contribution in [3.05, 3.63) is 71.3 Å². The molecule has 2 rings (SSSR count). The van der Waals surface area contributed by atoms with E-state index in [0.29, 0.717) is 6.61 Å². The van der Waals surface area contributed by atoms with Crippen LogP contribution in [-0.2, 0) is 23.3 Å². The van der Waals surface area contributed by atoms with Gasteiger partial charge in [-0.1, -0.05) is 54.6 Å². The van der Waals surface area contributed by atoms with E-state index in [1.165, 1.54) is 16.7 Å². The van der Waals surface area contributed by atoms with E-state index < -0.39 is 0 Å². The highest BCUT2D eigenvalue weighted by molar-refractivity contribution is 5.32. The zero-order valence-corrected chi connectivity index (χ0v) is 13.0. The van der Waals surface area contributed by atoms with E-state index in [0.717, 1.165) is 19.4 Å². The van der Waals surface area contributed by atoms with Crippen molar-refractivity contribution in [2.24, 2.45) is 5.73 Å². The van der Waals surface area contributed by atoms with Gasteiger partial charge in [-0.2, -0.15) is 0 Å². The second-order valence-corrected chi connectivity index (χ2v) is 6.02. The standard InChI is InChI=1S/C19H25NO/c1-19(2,20)18-13-7-6-11-17(18)12-8-14-21-15-16-9-4-3-5-10-16/h3-7,9-11,13H,8,12,14-15,20H2,1-2H3. The fourth-order valence-electron chi connectivity index (χ4n) is 2.50. The zero-order valence-electron chi connectivity index (χ0n) is 13.0. The van der Waals surface area contributed by atoms with Gasteiger partial charge < -0.3 is 10.5 Å². The number of hydrogen-bond acceptors (Lipinski definition) is 2. The first kappa shape index (κ1) is 15.7. The van der Waals surface area contributed by atoms with Crippen molar-refractivity contribution in [3.8, 4) is 0 Å². The number of rotatable bonds is 7. The van der Waals surface area contributed by atoms with E-state index in [1.54, 1.807) is 0 Å². The van der Waals surface area contributed by atoms with Crippen molar-refractivity contribution in [1.82, 2.24) is 0 Å². The van der Waals surface area contributed by atoms with Gasteiger partial charge in [0, 0.05) is 12.1 Å². The molecule has 0 atom stereocenters. The summed E-state index contributed by atoms with van der Waals surface area (Å²) in [5, 5.41) is 0. The minimum atomic E-state index is -0.290. The molecular weight excluding hydrogens is 258 g/mol. The average molecular weight is 283 g/mol. The summed E-state index contributed by atoms with van der Waals surface area (Å²) in [6.07, 6.45) is 2.02. The molecule has 0 aromatic heterocycles. The highest BCUT2D eigenvalue weighted by Gasteiger charge is 2.17. The Morgan fingerprint density at radius 1 is 0.952 bits per heavy atom. The van der Waals surface area contributed by atoms with E-state index in [-0.39, 0.29) is 5.54 Å². The summed E-state index contributed by atoms with van der Waals surface area (Å²) < 4.78 is 5.74. The molecule has 0 bridgehead atoms. The molecule has 0 amide bonds. The summed E-state index contributed by atoms with van der Waals surface area (Å²) in [5.74, 6) is 0. The molecule has 0 aliphatic heterocycles. The molecule has 0 aliphatic carbocycles. The Kier molecular flexibility index (Phi) is 5.54. The van der Waals surface area contributed by atoms with Gasteiger partial charge in [0.15, 0.2) is 0 Å². The van der Waals surface area contributed by atoms with Crippen LogP contribution in [0.2, 0.25) is 0 Å². The molecule has 2 heteroatoms. The molecule has 2 aromatic carbocycles. The predicted octanol–water partition coefficient (Wildman–Crippen LogP) is 4.03. The highest BCUT2D eigenvalue weighted by atomic mass is 16.5. The van der Waals surface area contributed by atoms with Gasteiger partial charge in [0.2, 0.25) is 0 Å². The Balaban J connectivity index is 1.79. The highest BCUT2D eigenvalue weighted by Crippen LogP contribution is 2.22. The first-order valence-electron chi connectivity index (χ1n) is 7.56. The molecule has 2 nitrogen and oxygen atoms in total. The first-order chi connectivity index (χ1) is 10.1. The number of aryl methyl sites for hydroxylation is 1. The van der Waals surface area contributed by atoms with Crippen LogP contribution in [0.4, 0.5) is 0 Å². The lowest BCUT2D eigenvalue weighted by Crippen LogP contribution is -2.30. The van der Waals surface area contributed by atoms with Crippen LogP contribution in [0.3, 0.4) is 0 Å². The molecule has 0 radical (unpaired) electrons. The summed E-state index contributed by atoms with van der Waals surface area (Å²) in [6, 6.07) is 18.7. The van der Waals surface area contributed by atoms with Crippen LogP contribution in [0.1, 0.15) is 37.0 Å². The maximum Gasteiger partial charge on any atom is 0.0716 e. The van der Waals surface area contributed by atoms with Crippen LogP contribution in [0.15, 0.2) is 54.6 Å². The Bertz CT molecular complexity index is 543. The summed E-state index contributed by atoms with van der Waals surface area (Å²) >= 11 is 0. The average Bonchev–Trinajstić information content (AvgIpc) is 2.47. The Morgan fingerprint density at radius 2 is 1.62 bits per heavy atom. The van der Waals surface area contributed by atoms with Crippen LogP contribution >= 0.6 is 0 Å². The van der Waals surface area contributed by atoms with Crippen LogP contribution in [0, 0.1) is 0 Å². The van der Waals surface area contributed by atoms with Gasteiger partial charge in [0.05, 0.1) is 6.61 Å². The normalized spacial score (nSPS) is 11.6. The third-order valence-electron chi connectivity index (χ3n) is 3.56. The molecule has 21 heavy (non-hydrogen) atoms. The smallest absolute Gasteiger partial charge is 0.0716 e. The van der Waals surface area contributed by atoms with E-state index in [9.17, 15) is 0 Å². The van der Waals surface area contributed by atoms with Crippen LogP contribution in [0.5, 0.6) is 0 Å². The van der Waals surface area contributed by atoms with Crippen molar-refractivity contribution < 1.29 is 4.74 Å². The zero-order chi connectivity index (χ0) is 15.1. The van der Waals surface area contributed by atoms with E-state index in [4.69, 9.17) is 10.5 Å². The van der Waals surface area contributed by atoms with Gasteiger partial charge in [-0.25, -0.2) is 0 Å². The van der Waals surface area contributed by atoms with Crippen molar-refractivity contribution >= 4 is 0 Å². The Morgan fingerprint density at radius 3 is 2.33 bits per heavy atom. The van der Waals surface area contributed by atoms with Gasteiger partial charge in [-0.15, -0.1) is 0 Å². The van der Waals surface area contributed by atoms with Gasteiger partial charge in [0.25, 0.3) is 0 Å². The maximum atomic E-state index is 6.23. The third-order valence-corrected chi connectivity index (χ3v) is 3.56. The van der Waals surface area contributed by atoms with Crippen molar-refractivity contribution in [1.29, 1.82) is 0 Å². The predicted molar refractivity (Wildman–Crippen MR) is 88.1 cm³/mol. The molecule has 0 aliphatic rings. The lowest BCUT2D eigenvalue weighted by atomic mass is 9.89. The van der Waals surface area contributed by atoms with Crippen molar-refractivity contribution in [3.63, 3.8) is 0 Å². The minimum Gasteiger partial charge on any atom is -0.377 e. The second kappa shape index (κ2) is 7.39. The molecule has 0 fully saturated rings. The fourth-order valence-corrected chi connectivity index (χ4v) is 2.50. The molecule has 0 saturated heterocycles. The largest absolute Gasteiger partial charge is 0.377 e. The van der Waals surface area contributed by atoms with Crippen molar-refractivity contribution in [2.75, 3.05) is 6.61 Å². The van der Waals surface area contributed by atoms with Gasteiger partial charge in [-0.05, 0) is 43.4 Å². The summed E-state index contributed by atoms with van der Waals surface area (Å²) in [5.41, 5.74) is 9.72. The number of ether oxygens (including phenoxy) is 1. The van der Waals surface area contributed by atoms with E-state index in [2.05, 4.69) is 50.2 Å². The number of hydrogen-bond donors (Lipinski definition) is 1. The fraction of sp³-hybridized carbons (Fsp3) is 0.368. The molecule has 0 saturated carbocycles. The molecule has 2 aromatic rings. The molecular formula is C19H25NO. The summed E-state index contributed by atoms with van der Waals surface area (Å²) in [4.78, 5) is 0. The maximum absolute atomic E-state index is 6.23. The van der Waals surface area contributed by atoms with Crippen LogP contribution in [-0.4, -0.2) is 6.61 Å². The second-order valence-electron chi connectivity index (χ2n) is 6.02. The molecule has 0 unspecified atom stereocenters. The summed E-state index contributed by atoms with van der Waals surface area (Å²) in [7, 11) is 0. The molecule has 2 N–H and O–H groups in total. The molecule has 0 heterocycles. The Labute approximate surface area is 127 Å². The summed E-state index contributed by atoms with van der Waals surface area (Å²) in [6.45, 7) is 5.56. The van der Waals surface area contributed by atoms with Gasteiger partial charge in [-0.3, -0.25) is 0 Å². The first-order valence-corrected chi connectivity index (χ1v) is 7.56. The Hall–Kier alpha value is -1.64. The topological polar surface area (TPSA) is 35.2 Å². The number of nitrogens with two attached hydrogens (primary N) is 1. The monoisotopic (exact) mass is 283 g/mol. The van der Waals surface area contributed by atoms with Gasteiger partial charge >= 0.3 is 0 Å².